The summed E-state index contributed by atoms with van der Waals surface area (Å²) in [4.78, 5) is 57.0. The number of aliphatic hydroxyl groups excluding tert-OH is 1. The number of aliphatic hydroxyl groups is 1. The Hall–Kier alpha value is -2.24. The van der Waals surface area contributed by atoms with Gasteiger partial charge in [-0.15, -0.1) is 13.2 Å². The van der Waals surface area contributed by atoms with Crippen LogP contribution in [0.5, 0.6) is 0 Å². The fourth-order valence-corrected chi connectivity index (χ4v) is 7.30. The number of alkyl halides is 1. The molecule has 41 heavy (non-hydrogen) atoms. The molecule has 3 saturated heterocycles. The smallest absolute Gasteiger partial charge is 0.312 e. The third kappa shape index (κ3) is 7.22. The first-order chi connectivity index (χ1) is 19.7. The van der Waals surface area contributed by atoms with E-state index < -0.39 is 41.7 Å². The Balaban J connectivity index is 1.86. The van der Waals surface area contributed by atoms with E-state index in [0.29, 0.717) is 58.2 Å². The van der Waals surface area contributed by atoms with Crippen LogP contribution in [0.25, 0.3) is 0 Å². The second-order valence-electron chi connectivity index (χ2n) is 11.3. The summed E-state index contributed by atoms with van der Waals surface area (Å²) < 4.78 is 12.3. The van der Waals surface area contributed by atoms with Crippen molar-refractivity contribution in [2.24, 2.45) is 11.8 Å². The van der Waals surface area contributed by atoms with Crippen LogP contribution in [0.4, 0.5) is 0 Å². The number of halogens is 1. The van der Waals surface area contributed by atoms with Gasteiger partial charge in [0.05, 0.1) is 24.5 Å². The molecule has 3 amide bonds. The van der Waals surface area contributed by atoms with Crippen LogP contribution < -0.4 is 5.32 Å². The Morgan fingerprint density at radius 3 is 2.68 bits per heavy atom. The van der Waals surface area contributed by atoms with E-state index in [0.717, 1.165) is 12.8 Å². The Bertz CT molecular complexity index is 978. The molecular formula is C30H46BrN3O7. The molecule has 1 unspecified atom stereocenters. The minimum Gasteiger partial charge on any atom is -0.460 e. The Kier molecular flexibility index (Phi) is 12.4. The number of carbonyl (C=O) groups is 4. The van der Waals surface area contributed by atoms with Crippen molar-refractivity contribution in [1.29, 1.82) is 0 Å². The first kappa shape index (κ1) is 33.3. The summed E-state index contributed by atoms with van der Waals surface area (Å²) in [7, 11) is 0. The standard InChI is InChI=1S/C30H46BrN3O7/c1-5-8-13-22(36)32-19-20(4)40-29(39)23-24-27(37)34(16-11-10-12-17-35)26(30(24)18-21(31)25(23)41-30)28(38)33(14-7-3)15-9-6-2/h5,7,20-21,23-26,35H,1,3,6,8-19H2,2,4H3,(H,32,36)/t20-,21?,23+,24-,25+,26+,30-/m0/s1. The lowest BCUT2D eigenvalue weighted by Crippen LogP contribution is -2.57. The van der Waals surface area contributed by atoms with Crippen molar-refractivity contribution >= 4 is 39.6 Å². The molecule has 3 aliphatic rings. The number of unbranched alkanes of at least 4 members (excludes halogenated alkanes) is 3. The maximum atomic E-state index is 14.2. The number of nitrogens with one attached hydrogen (secondary N) is 1. The van der Waals surface area contributed by atoms with Crippen molar-refractivity contribution in [3.63, 3.8) is 0 Å². The zero-order valence-electron chi connectivity index (χ0n) is 24.4. The van der Waals surface area contributed by atoms with E-state index in [-0.39, 0.29) is 35.7 Å². The third-order valence-electron chi connectivity index (χ3n) is 8.27. The molecule has 3 rings (SSSR count). The van der Waals surface area contributed by atoms with Gasteiger partial charge < -0.3 is 29.7 Å². The quantitative estimate of drug-likeness (QED) is 0.102. The summed E-state index contributed by atoms with van der Waals surface area (Å²) in [6.07, 6.45) is 7.06. The minimum absolute atomic E-state index is 0.0594. The molecule has 7 atom stereocenters. The Morgan fingerprint density at radius 2 is 2.02 bits per heavy atom. The van der Waals surface area contributed by atoms with E-state index in [1.807, 2.05) is 0 Å². The number of esters is 1. The van der Waals surface area contributed by atoms with Crippen molar-refractivity contribution in [3.8, 4) is 0 Å². The lowest BCUT2D eigenvalue weighted by atomic mass is 9.70. The fourth-order valence-electron chi connectivity index (χ4n) is 6.36. The second-order valence-corrected chi connectivity index (χ2v) is 12.5. The highest BCUT2D eigenvalue weighted by atomic mass is 79.9. The number of rotatable bonds is 18. The first-order valence-electron chi connectivity index (χ1n) is 14.9. The predicted molar refractivity (Wildman–Crippen MR) is 158 cm³/mol. The first-order valence-corrected chi connectivity index (χ1v) is 15.8. The van der Waals surface area contributed by atoms with Crippen LogP contribution in [0.15, 0.2) is 25.3 Å². The summed E-state index contributed by atoms with van der Waals surface area (Å²) in [5.74, 6) is -2.90. The maximum Gasteiger partial charge on any atom is 0.312 e. The van der Waals surface area contributed by atoms with Crippen LogP contribution in [-0.4, -0.2) is 100 Å². The number of hydrogen-bond acceptors (Lipinski definition) is 7. The van der Waals surface area contributed by atoms with Gasteiger partial charge in [0.2, 0.25) is 17.7 Å². The van der Waals surface area contributed by atoms with Gasteiger partial charge in [-0.25, -0.2) is 0 Å². The summed E-state index contributed by atoms with van der Waals surface area (Å²) in [5.41, 5.74) is -1.15. The number of likely N-dealkylation sites (tertiary alicyclic amines) is 1. The van der Waals surface area contributed by atoms with Crippen LogP contribution in [0.3, 0.4) is 0 Å². The molecular weight excluding hydrogens is 594 g/mol. The number of nitrogens with zero attached hydrogens (tertiary/aromatic N) is 2. The van der Waals surface area contributed by atoms with Crippen molar-refractivity contribution in [2.45, 2.75) is 93.9 Å². The number of hydrogen-bond donors (Lipinski definition) is 2. The highest BCUT2D eigenvalue weighted by Crippen LogP contribution is 2.60. The van der Waals surface area contributed by atoms with Gasteiger partial charge in [-0.05, 0) is 45.4 Å². The van der Waals surface area contributed by atoms with Crippen molar-refractivity contribution in [1.82, 2.24) is 15.1 Å². The summed E-state index contributed by atoms with van der Waals surface area (Å²) in [6.45, 7) is 12.6. The third-order valence-corrected chi connectivity index (χ3v) is 9.12. The second kappa shape index (κ2) is 15.3. The van der Waals surface area contributed by atoms with Crippen LogP contribution in [0, 0.1) is 11.8 Å². The van der Waals surface area contributed by atoms with Gasteiger partial charge in [0.1, 0.15) is 17.7 Å². The summed E-state index contributed by atoms with van der Waals surface area (Å²) >= 11 is 3.68. The van der Waals surface area contributed by atoms with Gasteiger partial charge >= 0.3 is 5.97 Å². The van der Waals surface area contributed by atoms with E-state index in [4.69, 9.17) is 9.47 Å². The lowest BCUT2D eigenvalue weighted by molar-refractivity contribution is -0.159. The van der Waals surface area contributed by atoms with E-state index >= 15 is 0 Å². The van der Waals surface area contributed by atoms with Gasteiger partial charge in [0, 0.05) is 37.5 Å². The minimum atomic E-state index is -1.15. The fraction of sp³-hybridized carbons (Fsp3) is 0.733. The Labute approximate surface area is 252 Å². The monoisotopic (exact) mass is 639 g/mol. The van der Waals surface area contributed by atoms with E-state index in [1.54, 1.807) is 28.9 Å². The lowest BCUT2D eigenvalue weighted by Gasteiger charge is -2.37. The molecule has 0 aromatic rings. The van der Waals surface area contributed by atoms with Gasteiger partial charge in [-0.1, -0.05) is 41.4 Å². The van der Waals surface area contributed by atoms with E-state index in [9.17, 15) is 24.3 Å². The maximum absolute atomic E-state index is 14.2. The topological polar surface area (TPSA) is 125 Å². The zero-order chi connectivity index (χ0) is 30.2. The van der Waals surface area contributed by atoms with Gasteiger partial charge in [-0.2, -0.15) is 0 Å². The molecule has 10 nitrogen and oxygen atoms in total. The largest absolute Gasteiger partial charge is 0.460 e. The molecule has 3 heterocycles. The molecule has 3 aliphatic heterocycles. The highest BCUT2D eigenvalue weighted by Gasteiger charge is 2.77. The Morgan fingerprint density at radius 1 is 1.27 bits per heavy atom. The molecule has 2 N–H and O–H groups in total. The molecule has 0 aliphatic carbocycles. The van der Waals surface area contributed by atoms with E-state index in [1.165, 1.54) is 0 Å². The highest BCUT2D eigenvalue weighted by molar-refractivity contribution is 9.09. The number of allylic oxidation sites excluding steroid dienone is 1. The van der Waals surface area contributed by atoms with Crippen molar-refractivity contribution in [2.75, 3.05) is 32.8 Å². The van der Waals surface area contributed by atoms with Crippen LogP contribution in [0.1, 0.15) is 65.2 Å². The van der Waals surface area contributed by atoms with Gasteiger partial charge in [0.25, 0.3) is 0 Å². The molecule has 0 saturated carbocycles. The van der Waals surface area contributed by atoms with Gasteiger partial charge in [-0.3, -0.25) is 19.2 Å². The molecule has 0 aromatic heterocycles. The number of fused-ring (bicyclic) bond motifs is 1. The average molecular weight is 641 g/mol. The average Bonchev–Trinajstić information content (AvgIpc) is 3.54. The van der Waals surface area contributed by atoms with E-state index in [2.05, 4.69) is 41.3 Å². The van der Waals surface area contributed by atoms with Gasteiger partial charge in [0.15, 0.2) is 0 Å². The van der Waals surface area contributed by atoms with Crippen LogP contribution in [0.2, 0.25) is 0 Å². The van der Waals surface area contributed by atoms with Crippen molar-refractivity contribution in [3.05, 3.63) is 25.3 Å². The predicted octanol–water partition coefficient (Wildman–Crippen LogP) is 2.73. The summed E-state index contributed by atoms with van der Waals surface area (Å²) in [5, 5.41) is 12.0. The zero-order valence-corrected chi connectivity index (χ0v) is 26.0. The number of carbonyl (C=O) groups excluding carboxylic acids is 4. The molecule has 230 valence electrons. The van der Waals surface area contributed by atoms with Crippen LogP contribution >= 0.6 is 15.9 Å². The molecule has 11 heteroatoms. The van der Waals surface area contributed by atoms with Crippen molar-refractivity contribution < 1.29 is 33.8 Å². The van der Waals surface area contributed by atoms with Crippen LogP contribution in [-0.2, 0) is 28.7 Å². The molecule has 0 radical (unpaired) electrons. The molecule has 0 aromatic carbocycles. The molecule has 1 spiro atoms. The SMILES string of the molecule is C=CCCC(=O)NC[C@H](C)OC(=O)[C@H]1[C@@H]2O[C@@]3(CC2Br)[C@@H]1C(=O)N(CCCCCO)[C@@H]3C(=O)N(CC=C)CCCC. The molecule has 3 fully saturated rings. The summed E-state index contributed by atoms with van der Waals surface area (Å²) in [6, 6.07) is -0.865. The normalized spacial score (nSPS) is 28.7. The molecule has 2 bridgehead atoms. The number of ether oxygens (including phenoxy) is 2. The number of amides is 3.